The highest BCUT2D eigenvalue weighted by molar-refractivity contribution is 5.93. The largest absolute Gasteiger partial charge is 0.351 e. The summed E-state index contributed by atoms with van der Waals surface area (Å²) in [5, 5.41) is 24.7. The van der Waals surface area contributed by atoms with E-state index in [9.17, 15) is 10.1 Å². The molecule has 0 saturated heterocycles. The summed E-state index contributed by atoms with van der Waals surface area (Å²) in [5.41, 5.74) is 5.71. The summed E-state index contributed by atoms with van der Waals surface area (Å²) < 4.78 is 3.46. The Morgan fingerprint density at radius 1 is 0.909 bits per heavy atom. The third-order valence-corrected chi connectivity index (χ3v) is 7.97. The van der Waals surface area contributed by atoms with Gasteiger partial charge in [0.25, 0.3) is 0 Å². The Morgan fingerprint density at radius 2 is 1.59 bits per heavy atom. The number of carbonyl (C=O) groups is 1. The summed E-state index contributed by atoms with van der Waals surface area (Å²) in [6, 6.07) is 20.3. The average Bonchev–Trinajstić information content (AvgIpc) is 3.70. The number of nitrogens with zero attached hydrogens (tertiary/aromatic N) is 8. The zero-order valence-corrected chi connectivity index (χ0v) is 24.8. The summed E-state index contributed by atoms with van der Waals surface area (Å²) in [7, 11) is 3.73. The van der Waals surface area contributed by atoms with Gasteiger partial charge < -0.3 is 10.6 Å². The van der Waals surface area contributed by atoms with Crippen molar-refractivity contribution in [3.05, 3.63) is 96.7 Å². The van der Waals surface area contributed by atoms with Crippen molar-refractivity contribution >= 4 is 17.7 Å². The molecule has 0 atom stereocenters. The van der Waals surface area contributed by atoms with E-state index in [1.165, 1.54) is 0 Å². The van der Waals surface area contributed by atoms with Crippen molar-refractivity contribution in [2.45, 2.75) is 44.3 Å². The molecular weight excluding hydrogens is 552 g/mol. The van der Waals surface area contributed by atoms with Gasteiger partial charge in [-0.15, -0.1) is 0 Å². The van der Waals surface area contributed by atoms with E-state index in [1.54, 1.807) is 21.8 Å². The number of aromatic nitrogens is 6. The molecule has 0 radical (unpaired) electrons. The molecule has 44 heavy (non-hydrogen) atoms. The number of carbonyl (C=O) groups excluding carboxylic acids is 1. The minimum Gasteiger partial charge on any atom is -0.351 e. The predicted molar refractivity (Wildman–Crippen MR) is 168 cm³/mol. The molecule has 11 nitrogen and oxygen atoms in total. The van der Waals surface area contributed by atoms with Gasteiger partial charge in [0.05, 0.1) is 29.8 Å². The highest BCUT2D eigenvalue weighted by atomic mass is 16.2. The Balaban J connectivity index is 1.17. The fourth-order valence-electron chi connectivity index (χ4n) is 5.70. The maximum Gasteiger partial charge on any atom is 0.322 e. The molecule has 1 saturated carbocycles. The average molecular weight is 587 g/mol. The second kappa shape index (κ2) is 12.8. The van der Waals surface area contributed by atoms with E-state index in [1.807, 2.05) is 92.2 Å². The summed E-state index contributed by atoms with van der Waals surface area (Å²) in [6.07, 6.45) is 12.2. The van der Waals surface area contributed by atoms with Crippen LogP contribution in [0.2, 0.25) is 0 Å². The molecule has 1 fully saturated rings. The number of nitriles is 1. The van der Waals surface area contributed by atoms with Gasteiger partial charge in [-0.1, -0.05) is 42.5 Å². The van der Waals surface area contributed by atoms with Gasteiger partial charge >= 0.3 is 6.03 Å². The summed E-state index contributed by atoms with van der Waals surface area (Å²) in [4.78, 5) is 24.7. The molecule has 222 valence electrons. The Bertz CT molecular complexity index is 1760. The molecule has 2 aromatic carbocycles. The standard InChI is InChI=1S/C33H34N10O/c1-41-21-26(19-37-41)24-8-12-29(13-9-24)43(33(44)36-17-23-6-4-3-5-7-23)30-14-10-28(11-15-30)39-32-35-18-25(16-34)31(40-32)27-20-38-42(2)22-27/h3-9,12-13,18-22,28,30H,10-11,14-15,17H2,1-2H3,(H,36,44)(H,35,39,40)/t28-,30+. The number of anilines is 2. The van der Waals surface area contributed by atoms with Crippen molar-refractivity contribution in [3.63, 3.8) is 0 Å². The van der Waals surface area contributed by atoms with Gasteiger partial charge in [0.2, 0.25) is 5.95 Å². The molecule has 3 aromatic heterocycles. The van der Waals surface area contributed by atoms with Gasteiger partial charge in [-0.3, -0.25) is 14.3 Å². The third kappa shape index (κ3) is 6.44. The lowest BCUT2D eigenvalue weighted by molar-refractivity contribution is 0.240. The van der Waals surface area contributed by atoms with E-state index in [4.69, 9.17) is 0 Å². The molecule has 5 aromatic rings. The van der Waals surface area contributed by atoms with E-state index in [0.717, 1.165) is 53.6 Å². The Kier molecular flexibility index (Phi) is 8.32. The highest BCUT2D eigenvalue weighted by Crippen LogP contribution is 2.31. The van der Waals surface area contributed by atoms with E-state index in [-0.39, 0.29) is 18.1 Å². The van der Waals surface area contributed by atoms with Crippen molar-refractivity contribution in [1.29, 1.82) is 5.26 Å². The van der Waals surface area contributed by atoms with Crippen LogP contribution in [0.4, 0.5) is 16.4 Å². The SMILES string of the molecule is Cn1cc(-c2ccc(N(C(=O)NCc3ccccc3)[C@H]3CC[C@@H](Nc4ncc(C#N)c(-c5cnn(C)c5)n4)CC3)cc2)cn1. The van der Waals surface area contributed by atoms with Crippen LogP contribution in [0.3, 0.4) is 0 Å². The molecule has 0 aliphatic heterocycles. The third-order valence-electron chi connectivity index (χ3n) is 7.97. The lowest BCUT2D eigenvalue weighted by Gasteiger charge is -2.37. The van der Waals surface area contributed by atoms with Gasteiger partial charge in [-0.25, -0.2) is 14.8 Å². The van der Waals surface area contributed by atoms with Crippen LogP contribution in [0, 0.1) is 11.3 Å². The molecule has 0 unspecified atom stereocenters. The number of hydrogen-bond donors (Lipinski definition) is 2. The number of rotatable bonds is 8. The van der Waals surface area contributed by atoms with E-state index in [0.29, 0.717) is 23.8 Å². The Hall–Kier alpha value is -5.50. The van der Waals surface area contributed by atoms with Crippen molar-refractivity contribution < 1.29 is 4.79 Å². The normalized spacial score (nSPS) is 16.2. The Labute approximate surface area is 256 Å². The zero-order valence-electron chi connectivity index (χ0n) is 24.8. The molecule has 3 heterocycles. The minimum absolute atomic E-state index is 0.0286. The van der Waals surface area contributed by atoms with Gasteiger partial charge in [-0.2, -0.15) is 15.5 Å². The van der Waals surface area contributed by atoms with Crippen LogP contribution in [0.15, 0.2) is 85.6 Å². The van der Waals surface area contributed by atoms with Crippen LogP contribution in [0.1, 0.15) is 36.8 Å². The first-order valence-electron chi connectivity index (χ1n) is 14.7. The molecule has 0 bridgehead atoms. The van der Waals surface area contributed by atoms with E-state index < -0.39 is 0 Å². The molecule has 6 rings (SSSR count). The van der Waals surface area contributed by atoms with Crippen molar-refractivity contribution in [1.82, 2.24) is 34.8 Å². The topological polar surface area (TPSA) is 130 Å². The summed E-state index contributed by atoms with van der Waals surface area (Å²) in [6.45, 7) is 0.455. The number of hydrogen-bond acceptors (Lipinski definition) is 7. The lowest BCUT2D eigenvalue weighted by atomic mass is 9.90. The molecule has 0 spiro atoms. The fourth-order valence-corrected chi connectivity index (χ4v) is 5.70. The summed E-state index contributed by atoms with van der Waals surface area (Å²) >= 11 is 0. The van der Waals surface area contributed by atoms with Crippen LogP contribution < -0.4 is 15.5 Å². The quantitative estimate of drug-likeness (QED) is 0.253. The number of benzene rings is 2. The van der Waals surface area contributed by atoms with Crippen molar-refractivity contribution in [2.75, 3.05) is 10.2 Å². The maximum atomic E-state index is 13.7. The predicted octanol–water partition coefficient (Wildman–Crippen LogP) is 5.29. The first kappa shape index (κ1) is 28.6. The van der Waals surface area contributed by atoms with Crippen LogP contribution in [-0.2, 0) is 20.6 Å². The van der Waals surface area contributed by atoms with E-state index >= 15 is 0 Å². The summed E-state index contributed by atoms with van der Waals surface area (Å²) in [5.74, 6) is 0.481. The second-order valence-electron chi connectivity index (χ2n) is 11.1. The van der Waals surface area contributed by atoms with Crippen LogP contribution in [-0.4, -0.2) is 47.6 Å². The monoisotopic (exact) mass is 586 g/mol. The van der Waals surface area contributed by atoms with Gasteiger partial charge in [-0.05, 0) is 48.9 Å². The smallest absolute Gasteiger partial charge is 0.322 e. The highest BCUT2D eigenvalue weighted by Gasteiger charge is 2.30. The van der Waals surface area contributed by atoms with Gasteiger partial charge in [0.15, 0.2) is 0 Å². The first-order valence-corrected chi connectivity index (χ1v) is 14.7. The van der Waals surface area contributed by atoms with Crippen molar-refractivity contribution in [2.24, 2.45) is 14.1 Å². The number of nitrogens with one attached hydrogen (secondary N) is 2. The van der Waals surface area contributed by atoms with Crippen molar-refractivity contribution in [3.8, 4) is 28.5 Å². The second-order valence-corrected chi connectivity index (χ2v) is 11.1. The fraction of sp³-hybridized carbons (Fsp3) is 0.273. The van der Waals surface area contributed by atoms with Crippen LogP contribution in [0.5, 0.6) is 0 Å². The molecule has 11 heteroatoms. The van der Waals surface area contributed by atoms with Crippen LogP contribution >= 0.6 is 0 Å². The van der Waals surface area contributed by atoms with Gasteiger partial charge in [0.1, 0.15) is 6.07 Å². The molecule has 2 amide bonds. The van der Waals surface area contributed by atoms with E-state index in [2.05, 4.69) is 36.9 Å². The minimum atomic E-state index is -0.115. The number of aryl methyl sites for hydroxylation is 2. The zero-order chi connectivity index (χ0) is 30.5. The molecule has 1 aliphatic rings. The van der Waals surface area contributed by atoms with Crippen LogP contribution in [0.25, 0.3) is 22.4 Å². The number of urea groups is 1. The van der Waals surface area contributed by atoms with Gasteiger partial charge in [0, 0.05) is 61.9 Å². The maximum absolute atomic E-state index is 13.7. The number of amides is 2. The molecule has 2 N–H and O–H groups in total. The lowest BCUT2D eigenvalue weighted by Crippen LogP contribution is -2.48. The molecule has 1 aliphatic carbocycles. The molecular formula is C33H34N10O. The first-order chi connectivity index (χ1) is 21.5. The Morgan fingerprint density at radius 3 is 2.23 bits per heavy atom.